The number of hydrogen-bond donors (Lipinski definition) is 2. The number of carboxylic acid groups (broad SMARTS) is 1. The van der Waals surface area contributed by atoms with Gasteiger partial charge < -0.3 is 10.4 Å². The minimum Gasteiger partial charge on any atom is -0.480 e. The van der Waals surface area contributed by atoms with Gasteiger partial charge in [0, 0.05) is 10.5 Å². The minimum atomic E-state index is -4.39. The molecule has 1 aliphatic rings. The molecule has 0 saturated heterocycles. The monoisotopic (exact) mass is 319 g/mol. The lowest BCUT2D eigenvalue weighted by Crippen LogP contribution is -2.59. The Balaban J connectivity index is 2.05. The molecule has 2 N–H and O–H groups in total. The van der Waals surface area contributed by atoms with E-state index >= 15 is 0 Å². The quantitative estimate of drug-likeness (QED) is 0.837. The highest BCUT2D eigenvalue weighted by molar-refractivity contribution is 8.00. The molecule has 8 heteroatoms. The maximum atomic E-state index is 12.2. The van der Waals surface area contributed by atoms with E-state index in [0.717, 1.165) is 0 Å². The van der Waals surface area contributed by atoms with Crippen molar-refractivity contribution in [2.75, 3.05) is 0 Å². The lowest BCUT2D eigenvalue weighted by molar-refractivity contribution is -0.148. The van der Waals surface area contributed by atoms with E-state index in [1.165, 1.54) is 24.3 Å². The van der Waals surface area contributed by atoms with Crippen LogP contribution in [0, 0.1) is 0 Å². The van der Waals surface area contributed by atoms with E-state index in [2.05, 4.69) is 5.32 Å². The van der Waals surface area contributed by atoms with Gasteiger partial charge in [-0.2, -0.15) is 13.2 Å². The lowest BCUT2D eigenvalue weighted by atomic mass is 9.76. The number of amides is 1. The molecule has 1 aliphatic carbocycles. The molecule has 1 amide bonds. The van der Waals surface area contributed by atoms with Gasteiger partial charge in [0.25, 0.3) is 5.91 Å². The predicted molar refractivity (Wildman–Crippen MR) is 70.0 cm³/mol. The van der Waals surface area contributed by atoms with Crippen LogP contribution >= 0.6 is 11.8 Å². The summed E-state index contributed by atoms with van der Waals surface area (Å²) >= 11 is -0.271. The van der Waals surface area contributed by atoms with Crippen LogP contribution < -0.4 is 5.32 Å². The zero-order valence-electron chi connectivity index (χ0n) is 10.7. The summed E-state index contributed by atoms with van der Waals surface area (Å²) in [4.78, 5) is 23.1. The van der Waals surface area contributed by atoms with E-state index in [-0.39, 0.29) is 22.2 Å². The van der Waals surface area contributed by atoms with Gasteiger partial charge in [0.15, 0.2) is 0 Å². The van der Waals surface area contributed by atoms with Crippen molar-refractivity contribution in [1.82, 2.24) is 5.32 Å². The summed E-state index contributed by atoms with van der Waals surface area (Å²) in [5.41, 5.74) is -5.49. The van der Waals surface area contributed by atoms with Crippen molar-refractivity contribution in [3.63, 3.8) is 0 Å². The third kappa shape index (κ3) is 3.69. The van der Waals surface area contributed by atoms with Crippen LogP contribution in [0.15, 0.2) is 29.2 Å². The number of thioether (sulfide) groups is 1. The molecule has 0 heterocycles. The fourth-order valence-electron chi connectivity index (χ4n) is 2.02. The van der Waals surface area contributed by atoms with Gasteiger partial charge in [0.1, 0.15) is 5.54 Å². The average Bonchev–Trinajstić information content (AvgIpc) is 2.32. The number of hydrogen-bond acceptors (Lipinski definition) is 3. The van der Waals surface area contributed by atoms with E-state index in [1.54, 1.807) is 0 Å². The maximum absolute atomic E-state index is 12.2. The van der Waals surface area contributed by atoms with Crippen LogP contribution in [-0.2, 0) is 4.79 Å². The first kappa shape index (κ1) is 15.7. The first-order valence-corrected chi connectivity index (χ1v) is 6.95. The van der Waals surface area contributed by atoms with E-state index in [0.29, 0.717) is 19.3 Å². The Morgan fingerprint density at radius 3 is 2.14 bits per heavy atom. The van der Waals surface area contributed by atoms with E-state index in [1.807, 2.05) is 0 Å². The SMILES string of the molecule is O=C(NC1(C(=O)O)CCC1)c1ccc(SC(F)(F)F)cc1. The molecule has 4 nitrogen and oxygen atoms in total. The van der Waals surface area contributed by atoms with Crippen LogP contribution in [0.5, 0.6) is 0 Å². The molecule has 0 unspecified atom stereocenters. The summed E-state index contributed by atoms with van der Waals surface area (Å²) in [5.74, 6) is -1.69. The average molecular weight is 319 g/mol. The summed E-state index contributed by atoms with van der Waals surface area (Å²) in [6.45, 7) is 0. The van der Waals surface area contributed by atoms with Crippen LogP contribution in [0.2, 0.25) is 0 Å². The highest BCUT2D eigenvalue weighted by Crippen LogP contribution is 2.37. The molecular weight excluding hydrogens is 307 g/mol. The summed E-state index contributed by atoms with van der Waals surface area (Å²) in [5, 5.41) is 11.6. The standard InChI is InChI=1S/C13H12F3NO3S/c14-13(15,16)21-9-4-2-8(3-5-9)10(18)17-12(11(19)20)6-1-7-12/h2-5H,1,6-7H2,(H,17,18)(H,19,20). The first-order valence-electron chi connectivity index (χ1n) is 6.14. The summed E-state index contributed by atoms with van der Waals surface area (Å²) in [7, 11) is 0. The number of nitrogens with one attached hydrogen (secondary N) is 1. The Bertz CT molecular complexity index is 553. The van der Waals surface area contributed by atoms with Crippen molar-refractivity contribution in [1.29, 1.82) is 0 Å². The van der Waals surface area contributed by atoms with Gasteiger partial charge in [-0.15, -0.1) is 0 Å². The molecule has 0 aliphatic heterocycles. The van der Waals surface area contributed by atoms with Gasteiger partial charge in [0.2, 0.25) is 0 Å². The topological polar surface area (TPSA) is 66.4 Å². The second-order valence-corrected chi connectivity index (χ2v) is 5.91. The van der Waals surface area contributed by atoms with Crippen molar-refractivity contribution in [3.05, 3.63) is 29.8 Å². The molecule has 0 spiro atoms. The van der Waals surface area contributed by atoms with Crippen molar-refractivity contribution in [2.24, 2.45) is 0 Å². The second-order valence-electron chi connectivity index (χ2n) is 4.77. The van der Waals surface area contributed by atoms with Gasteiger partial charge in [-0.25, -0.2) is 4.79 Å². The van der Waals surface area contributed by atoms with Crippen LogP contribution in [0.1, 0.15) is 29.6 Å². The summed E-state index contributed by atoms with van der Waals surface area (Å²) in [6.07, 6.45) is 1.43. The number of halogens is 3. The molecule has 1 aromatic rings. The van der Waals surface area contributed by atoms with Crippen LogP contribution in [0.25, 0.3) is 0 Å². The third-order valence-corrected chi connectivity index (χ3v) is 4.06. The van der Waals surface area contributed by atoms with Crippen molar-refractivity contribution >= 4 is 23.6 Å². The Morgan fingerprint density at radius 1 is 1.19 bits per heavy atom. The number of carbonyl (C=O) groups excluding carboxylic acids is 1. The minimum absolute atomic E-state index is 0.0318. The number of alkyl halides is 3. The molecule has 2 rings (SSSR count). The van der Waals surface area contributed by atoms with Gasteiger partial charge in [-0.1, -0.05) is 0 Å². The number of carboxylic acids is 1. The molecule has 0 bridgehead atoms. The number of aliphatic carboxylic acids is 1. The van der Waals surface area contributed by atoms with Gasteiger partial charge in [-0.05, 0) is 55.3 Å². The molecule has 0 radical (unpaired) electrons. The normalized spacial score (nSPS) is 16.9. The van der Waals surface area contributed by atoms with Gasteiger partial charge in [0.05, 0.1) is 0 Å². The molecule has 1 aromatic carbocycles. The van der Waals surface area contributed by atoms with Gasteiger partial charge >= 0.3 is 11.5 Å². The fraction of sp³-hybridized carbons (Fsp3) is 0.385. The Morgan fingerprint density at radius 2 is 1.76 bits per heavy atom. The highest BCUT2D eigenvalue weighted by Gasteiger charge is 2.45. The molecule has 0 atom stereocenters. The molecule has 0 aromatic heterocycles. The number of benzene rings is 1. The summed E-state index contributed by atoms with van der Waals surface area (Å²) < 4.78 is 36.6. The highest BCUT2D eigenvalue weighted by atomic mass is 32.2. The molecule has 21 heavy (non-hydrogen) atoms. The first-order chi connectivity index (χ1) is 9.72. The molecule has 114 valence electrons. The summed E-state index contributed by atoms with van der Waals surface area (Å²) in [6, 6.07) is 4.86. The van der Waals surface area contributed by atoms with Gasteiger partial charge in [-0.3, -0.25) is 4.79 Å². The number of carbonyl (C=O) groups is 2. The molecule has 1 fully saturated rings. The van der Waals surface area contributed by atoms with Crippen LogP contribution in [0.4, 0.5) is 13.2 Å². The van der Waals surface area contributed by atoms with E-state index < -0.39 is 22.9 Å². The lowest BCUT2D eigenvalue weighted by Gasteiger charge is -2.38. The zero-order valence-corrected chi connectivity index (χ0v) is 11.6. The fourth-order valence-corrected chi connectivity index (χ4v) is 2.56. The van der Waals surface area contributed by atoms with Crippen molar-refractivity contribution in [2.45, 2.75) is 35.2 Å². The van der Waals surface area contributed by atoms with E-state index in [9.17, 15) is 22.8 Å². The predicted octanol–water partition coefficient (Wildman–Crippen LogP) is 3.04. The second kappa shape index (κ2) is 5.59. The number of rotatable bonds is 4. The van der Waals surface area contributed by atoms with E-state index in [4.69, 9.17) is 5.11 Å². The Kier molecular flexibility index (Phi) is 4.18. The maximum Gasteiger partial charge on any atom is 0.446 e. The van der Waals surface area contributed by atoms with Crippen LogP contribution in [0.3, 0.4) is 0 Å². The zero-order chi connectivity index (χ0) is 15.7. The largest absolute Gasteiger partial charge is 0.480 e. The van der Waals surface area contributed by atoms with Crippen LogP contribution in [-0.4, -0.2) is 28.0 Å². The Hall–Kier alpha value is -1.70. The van der Waals surface area contributed by atoms with Crippen molar-refractivity contribution in [3.8, 4) is 0 Å². The molecule has 1 saturated carbocycles. The smallest absolute Gasteiger partial charge is 0.446 e. The third-order valence-electron chi connectivity index (χ3n) is 3.32. The van der Waals surface area contributed by atoms with Crippen molar-refractivity contribution < 1.29 is 27.9 Å². The molecular formula is C13H12F3NO3S. The Labute approximate surface area is 122 Å².